The molecule has 0 atom stereocenters. The third-order valence-electron chi connectivity index (χ3n) is 2.93. The van der Waals surface area contributed by atoms with Crippen molar-refractivity contribution in [2.45, 2.75) is 4.90 Å². The van der Waals surface area contributed by atoms with Crippen LogP contribution in [0.4, 0.5) is 11.4 Å². The molecule has 0 aliphatic rings. The highest BCUT2D eigenvalue weighted by atomic mass is 32.2. The molecule has 2 rings (SSSR count). The van der Waals surface area contributed by atoms with E-state index >= 15 is 0 Å². The average molecular weight is 308 g/mol. The van der Waals surface area contributed by atoms with Crippen LogP contribution in [0.25, 0.3) is 0 Å². The summed E-state index contributed by atoms with van der Waals surface area (Å²) in [5.41, 5.74) is 0.121. The number of para-hydroxylation sites is 1. The molecule has 2 aromatic carbocycles. The Morgan fingerprint density at radius 1 is 1.10 bits per heavy atom. The summed E-state index contributed by atoms with van der Waals surface area (Å²) in [7, 11) is -2.63. The average Bonchev–Trinajstić information content (AvgIpc) is 2.46. The van der Waals surface area contributed by atoms with E-state index in [2.05, 4.69) is 0 Å². The SMILES string of the molecule is CN(c1ccc([N+](=O)[O-])cc1)S(=O)(=O)c1ccccc1O. The van der Waals surface area contributed by atoms with Crippen LogP contribution in [0.15, 0.2) is 53.4 Å². The Bertz CT molecular complexity index is 771. The van der Waals surface area contributed by atoms with Crippen LogP contribution < -0.4 is 4.31 Å². The number of nitro groups is 1. The van der Waals surface area contributed by atoms with Gasteiger partial charge in [-0.1, -0.05) is 12.1 Å². The van der Waals surface area contributed by atoms with Gasteiger partial charge in [0.1, 0.15) is 10.6 Å². The summed E-state index contributed by atoms with van der Waals surface area (Å²) in [6.07, 6.45) is 0. The predicted molar refractivity (Wildman–Crippen MR) is 76.8 cm³/mol. The normalized spacial score (nSPS) is 11.1. The molecule has 110 valence electrons. The van der Waals surface area contributed by atoms with Crippen LogP contribution in [0.3, 0.4) is 0 Å². The summed E-state index contributed by atoms with van der Waals surface area (Å²) in [5, 5.41) is 20.2. The van der Waals surface area contributed by atoms with Crippen molar-refractivity contribution in [1.82, 2.24) is 0 Å². The van der Waals surface area contributed by atoms with Gasteiger partial charge < -0.3 is 5.11 Å². The number of nitrogens with zero attached hydrogens (tertiary/aromatic N) is 2. The van der Waals surface area contributed by atoms with Gasteiger partial charge in [-0.15, -0.1) is 0 Å². The molecule has 0 unspecified atom stereocenters. The number of phenols is 1. The molecule has 0 aliphatic carbocycles. The summed E-state index contributed by atoms with van der Waals surface area (Å²) in [6, 6.07) is 10.7. The number of anilines is 1. The smallest absolute Gasteiger partial charge is 0.269 e. The number of hydrogen-bond acceptors (Lipinski definition) is 5. The van der Waals surface area contributed by atoms with E-state index in [1.54, 1.807) is 0 Å². The van der Waals surface area contributed by atoms with Crippen molar-refractivity contribution in [3.05, 3.63) is 58.6 Å². The standard InChI is InChI=1S/C13H12N2O5S/c1-14(10-6-8-11(9-7-10)15(17)18)21(19,20)13-5-3-2-4-12(13)16/h2-9,16H,1H3. The molecule has 0 heterocycles. The Balaban J connectivity index is 2.41. The maximum Gasteiger partial charge on any atom is 0.269 e. The van der Waals surface area contributed by atoms with Gasteiger partial charge in [0.25, 0.3) is 15.7 Å². The lowest BCUT2D eigenvalue weighted by Crippen LogP contribution is -2.26. The molecular formula is C13H12N2O5S. The van der Waals surface area contributed by atoms with Crippen LogP contribution in [-0.4, -0.2) is 25.5 Å². The fraction of sp³-hybridized carbons (Fsp3) is 0.0769. The number of non-ortho nitro benzene ring substituents is 1. The lowest BCUT2D eigenvalue weighted by Gasteiger charge is -2.19. The number of nitro benzene ring substituents is 1. The number of rotatable bonds is 4. The zero-order valence-electron chi connectivity index (χ0n) is 11.0. The highest BCUT2D eigenvalue weighted by Crippen LogP contribution is 2.28. The highest BCUT2D eigenvalue weighted by Gasteiger charge is 2.24. The van der Waals surface area contributed by atoms with E-state index in [-0.39, 0.29) is 22.0 Å². The van der Waals surface area contributed by atoms with E-state index in [0.717, 1.165) is 4.31 Å². The van der Waals surface area contributed by atoms with Crippen molar-refractivity contribution in [1.29, 1.82) is 0 Å². The fourth-order valence-electron chi connectivity index (χ4n) is 1.75. The first-order valence-electron chi connectivity index (χ1n) is 5.85. The third kappa shape index (κ3) is 2.79. The summed E-state index contributed by atoms with van der Waals surface area (Å²) in [5.74, 6) is -0.355. The van der Waals surface area contributed by atoms with Crippen molar-refractivity contribution in [3.8, 4) is 5.75 Å². The van der Waals surface area contributed by atoms with Gasteiger partial charge >= 0.3 is 0 Å². The lowest BCUT2D eigenvalue weighted by molar-refractivity contribution is -0.384. The van der Waals surface area contributed by atoms with Gasteiger partial charge in [-0.2, -0.15) is 0 Å². The molecule has 8 heteroatoms. The van der Waals surface area contributed by atoms with Crippen molar-refractivity contribution >= 4 is 21.4 Å². The zero-order valence-corrected chi connectivity index (χ0v) is 11.8. The Morgan fingerprint density at radius 3 is 2.19 bits per heavy atom. The molecule has 0 amide bonds. The van der Waals surface area contributed by atoms with Gasteiger partial charge in [-0.05, 0) is 24.3 Å². The number of aromatic hydroxyl groups is 1. The van der Waals surface area contributed by atoms with E-state index in [4.69, 9.17) is 0 Å². The van der Waals surface area contributed by atoms with Crippen LogP contribution in [0.5, 0.6) is 5.75 Å². The van der Waals surface area contributed by atoms with E-state index < -0.39 is 14.9 Å². The second-order valence-electron chi connectivity index (χ2n) is 4.21. The number of phenolic OH excluding ortho intramolecular Hbond substituents is 1. The van der Waals surface area contributed by atoms with Gasteiger partial charge in [0.2, 0.25) is 0 Å². The molecule has 1 N–H and O–H groups in total. The van der Waals surface area contributed by atoms with Crippen LogP contribution in [0, 0.1) is 10.1 Å². The molecule has 0 aromatic heterocycles. The van der Waals surface area contributed by atoms with Crippen LogP contribution in [0.1, 0.15) is 0 Å². The topological polar surface area (TPSA) is 101 Å². The highest BCUT2D eigenvalue weighted by molar-refractivity contribution is 7.92. The number of hydrogen-bond donors (Lipinski definition) is 1. The van der Waals surface area contributed by atoms with Gasteiger partial charge in [0, 0.05) is 19.2 Å². The molecule has 0 saturated heterocycles. The Kier molecular flexibility index (Phi) is 3.81. The van der Waals surface area contributed by atoms with Crippen molar-refractivity contribution in [2.75, 3.05) is 11.4 Å². The zero-order chi connectivity index (χ0) is 15.6. The van der Waals surface area contributed by atoms with Crippen molar-refractivity contribution < 1.29 is 18.4 Å². The second kappa shape index (κ2) is 5.41. The summed E-state index contributed by atoms with van der Waals surface area (Å²) in [6.45, 7) is 0. The predicted octanol–water partition coefficient (Wildman–Crippen LogP) is 2.13. The third-order valence-corrected chi connectivity index (χ3v) is 4.76. The Labute approximate surface area is 121 Å². The lowest BCUT2D eigenvalue weighted by atomic mass is 10.3. The summed E-state index contributed by atoms with van der Waals surface area (Å²) in [4.78, 5) is 9.79. The quantitative estimate of drug-likeness (QED) is 0.688. The molecule has 0 spiro atoms. The molecule has 0 aliphatic heterocycles. The number of benzene rings is 2. The van der Waals surface area contributed by atoms with E-state index in [1.165, 1.54) is 55.6 Å². The van der Waals surface area contributed by atoms with E-state index in [9.17, 15) is 23.6 Å². The van der Waals surface area contributed by atoms with Crippen LogP contribution in [-0.2, 0) is 10.0 Å². The van der Waals surface area contributed by atoms with Crippen LogP contribution in [0.2, 0.25) is 0 Å². The number of sulfonamides is 1. The monoisotopic (exact) mass is 308 g/mol. The fourth-order valence-corrected chi connectivity index (χ4v) is 3.02. The molecule has 21 heavy (non-hydrogen) atoms. The molecule has 0 bridgehead atoms. The molecule has 7 nitrogen and oxygen atoms in total. The Morgan fingerprint density at radius 2 is 1.67 bits per heavy atom. The maximum atomic E-state index is 12.4. The molecule has 0 fully saturated rings. The van der Waals surface area contributed by atoms with E-state index in [1.807, 2.05) is 0 Å². The first kappa shape index (κ1) is 14.8. The maximum absolute atomic E-state index is 12.4. The van der Waals surface area contributed by atoms with Crippen LogP contribution >= 0.6 is 0 Å². The van der Waals surface area contributed by atoms with Gasteiger partial charge in [0.05, 0.1) is 10.6 Å². The largest absolute Gasteiger partial charge is 0.507 e. The molecule has 0 saturated carbocycles. The minimum atomic E-state index is -3.94. The minimum absolute atomic E-state index is 0.132. The van der Waals surface area contributed by atoms with Gasteiger partial charge in [-0.3, -0.25) is 14.4 Å². The second-order valence-corrected chi connectivity index (χ2v) is 6.15. The molecule has 2 aromatic rings. The first-order chi connectivity index (χ1) is 9.84. The van der Waals surface area contributed by atoms with E-state index in [0.29, 0.717) is 0 Å². The first-order valence-corrected chi connectivity index (χ1v) is 7.29. The molecular weight excluding hydrogens is 296 g/mol. The minimum Gasteiger partial charge on any atom is -0.507 e. The van der Waals surface area contributed by atoms with Gasteiger partial charge in [0.15, 0.2) is 0 Å². The molecule has 0 radical (unpaired) electrons. The summed E-state index contributed by atoms with van der Waals surface area (Å²) < 4.78 is 25.8. The summed E-state index contributed by atoms with van der Waals surface area (Å²) >= 11 is 0. The van der Waals surface area contributed by atoms with Gasteiger partial charge in [-0.25, -0.2) is 8.42 Å². The van der Waals surface area contributed by atoms with Crippen molar-refractivity contribution in [3.63, 3.8) is 0 Å². The van der Waals surface area contributed by atoms with Crippen molar-refractivity contribution in [2.24, 2.45) is 0 Å². The Hall–Kier alpha value is -2.61.